The van der Waals surface area contributed by atoms with Crippen LogP contribution >= 0.6 is 47.2 Å². The third kappa shape index (κ3) is 8.57. The first-order valence-electron chi connectivity index (χ1n) is 9.13. The molecule has 0 spiro atoms. The second kappa shape index (κ2) is 12.5. The number of hydrogen-bond acceptors (Lipinski definition) is 4. The Bertz CT molecular complexity index is 799. The van der Waals surface area contributed by atoms with Gasteiger partial charge >= 0.3 is 0 Å². The predicted molar refractivity (Wildman–Crippen MR) is 129 cm³/mol. The van der Waals surface area contributed by atoms with Crippen molar-refractivity contribution in [1.82, 2.24) is 20.4 Å². The summed E-state index contributed by atoms with van der Waals surface area (Å²) >= 11 is 12.0. The second-order valence-electron chi connectivity index (χ2n) is 6.58. The molecule has 0 radical (unpaired) electrons. The number of aliphatic imine (C=N–C) groups is 1. The molecule has 1 atom stereocenters. The van der Waals surface area contributed by atoms with Crippen molar-refractivity contribution < 1.29 is 9.84 Å². The van der Waals surface area contributed by atoms with Gasteiger partial charge in [0.15, 0.2) is 5.96 Å². The van der Waals surface area contributed by atoms with Gasteiger partial charge in [-0.1, -0.05) is 23.2 Å². The fourth-order valence-corrected chi connectivity index (χ4v) is 2.88. The lowest BCUT2D eigenvalue weighted by atomic mass is 10.0. The van der Waals surface area contributed by atoms with Gasteiger partial charge in [0.1, 0.15) is 11.4 Å². The smallest absolute Gasteiger partial charge is 0.191 e. The van der Waals surface area contributed by atoms with Gasteiger partial charge in [-0.05, 0) is 38.5 Å². The SMILES string of the molecule is CCNC(=NCC(C)(O)c1cnn(C)c1)NCCCOc1ccc(Cl)cc1Cl.I. The molecule has 0 aliphatic carbocycles. The molecule has 0 saturated heterocycles. The van der Waals surface area contributed by atoms with Gasteiger partial charge in [-0.2, -0.15) is 5.10 Å². The summed E-state index contributed by atoms with van der Waals surface area (Å²) in [5, 5.41) is 22.2. The molecule has 1 aromatic carbocycles. The van der Waals surface area contributed by atoms with Gasteiger partial charge < -0.3 is 20.5 Å². The van der Waals surface area contributed by atoms with E-state index in [4.69, 9.17) is 27.9 Å². The number of benzene rings is 1. The molecule has 162 valence electrons. The third-order valence-electron chi connectivity index (χ3n) is 3.98. The highest BCUT2D eigenvalue weighted by atomic mass is 127. The van der Waals surface area contributed by atoms with Crippen LogP contribution in [-0.4, -0.2) is 47.1 Å². The highest BCUT2D eigenvalue weighted by molar-refractivity contribution is 14.0. The highest BCUT2D eigenvalue weighted by Gasteiger charge is 2.24. The number of nitrogens with zero attached hydrogens (tertiary/aromatic N) is 3. The maximum Gasteiger partial charge on any atom is 0.191 e. The van der Waals surface area contributed by atoms with Crippen molar-refractivity contribution in [1.29, 1.82) is 0 Å². The van der Waals surface area contributed by atoms with Crippen LogP contribution in [0.5, 0.6) is 5.75 Å². The number of aryl methyl sites for hydroxylation is 1. The first-order valence-corrected chi connectivity index (χ1v) is 9.89. The van der Waals surface area contributed by atoms with Gasteiger partial charge in [0.25, 0.3) is 0 Å². The van der Waals surface area contributed by atoms with Gasteiger partial charge in [-0.15, -0.1) is 24.0 Å². The molecule has 1 aromatic heterocycles. The summed E-state index contributed by atoms with van der Waals surface area (Å²) in [6, 6.07) is 5.15. The van der Waals surface area contributed by atoms with Crippen molar-refractivity contribution in [3.8, 4) is 5.75 Å². The van der Waals surface area contributed by atoms with E-state index in [0.29, 0.717) is 34.9 Å². The molecular weight excluding hydrogens is 528 g/mol. The molecule has 3 N–H and O–H groups in total. The Morgan fingerprint density at radius 3 is 2.72 bits per heavy atom. The van der Waals surface area contributed by atoms with Gasteiger partial charge in [0.2, 0.25) is 0 Å². The summed E-state index contributed by atoms with van der Waals surface area (Å²) in [6.07, 6.45) is 4.19. The maximum atomic E-state index is 10.6. The average Bonchev–Trinajstić information content (AvgIpc) is 3.08. The zero-order valence-electron chi connectivity index (χ0n) is 16.8. The summed E-state index contributed by atoms with van der Waals surface area (Å²) in [7, 11) is 1.81. The molecule has 0 fully saturated rings. The van der Waals surface area contributed by atoms with Crippen LogP contribution in [0.1, 0.15) is 25.8 Å². The molecule has 7 nitrogen and oxygen atoms in total. The number of rotatable bonds is 9. The monoisotopic (exact) mass is 555 g/mol. The van der Waals surface area contributed by atoms with Crippen LogP contribution in [0.15, 0.2) is 35.6 Å². The zero-order chi connectivity index (χ0) is 20.6. The summed E-state index contributed by atoms with van der Waals surface area (Å²) in [4.78, 5) is 4.48. The van der Waals surface area contributed by atoms with Crippen LogP contribution in [0.2, 0.25) is 10.0 Å². The fourth-order valence-electron chi connectivity index (χ4n) is 2.42. The van der Waals surface area contributed by atoms with Crippen LogP contribution in [0.4, 0.5) is 0 Å². The van der Waals surface area contributed by atoms with E-state index in [1.165, 1.54) is 0 Å². The first-order chi connectivity index (χ1) is 13.3. The standard InChI is InChI=1S/C19H27Cl2N5O2.HI/c1-4-22-18(24-13-19(2,27)14-11-25-26(3)12-14)23-8-5-9-28-17-7-6-15(20)10-16(17)21;/h6-7,10-12,27H,4-5,8-9,13H2,1-3H3,(H2,22,23,24);1H. The number of aromatic nitrogens is 2. The molecule has 0 bridgehead atoms. The van der Waals surface area contributed by atoms with Gasteiger partial charge in [-0.25, -0.2) is 4.99 Å². The van der Waals surface area contributed by atoms with Gasteiger partial charge in [0.05, 0.1) is 24.4 Å². The Morgan fingerprint density at radius 2 is 2.10 bits per heavy atom. The molecule has 1 heterocycles. The molecular formula is C19H28Cl2IN5O2. The number of guanidine groups is 1. The molecule has 10 heteroatoms. The van der Waals surface area contributed by atoms with E-state index in [0.717, 1.165) is 18.5 Å². The van der Waals surface area contributed by atoms with E-state index >= 15 is 0 Å². The van der Waals surface area contributed by atoms with Crippen LogP contribution in [-0.2, 0) is 12.6 Å². The number of ether oxygens (including phenoxy) is 1. The van der Waals surface area contributed by atoms with Crippen molar-refractivity contribution in [2.75, 3.05) is 26.2 Å². The van der Waals surface area contributed by atoms with Crippen LogP contribution in [0.25, 0.3) is 0 Å². The topological polar surface area (TPSA) is 83.7 Å². The number of nitrogens with one attached hydrogen (secondary N) is 2. The van der Waals surface area contributed by atoms with Crippen molar-refractivity contribution in [3.05, 3.63) is 46.2 Å². The Kier molecular flexibility index (Phi) is 11.1. The van der Waals surface area contributed by atoms with E-state index < -0.39 is 5.60 Å². The molecule has 0 aliphatic rings. The van der Waals surface area contributed by atoms with Crippen LogP contribution in [0, 0.1) is 0 Å². The highest BCUT2D eigenvalue weighted by Crippen LogP contribution is 2.27. The van der Waals surface area contributed by atoms with E-state index in [2.05, 4.69) is 20.7 Å². The number of halogens is 3. The lowest BCUT2D eigenvalue weighted by molar-refractivity contribution is 0.0672. The fraction of sp³-hybridized carbons (Fsp3) is 0.474. The summed E-state index contributed by atoms with van der Waals surface area (Å²) in [5.74, 6) is 1.25. The largest absolute Gasteiger partial charge is 0.492 e. The minimum Gasteiger partial charge on any atom is -0.492 e. The third-order valence-corrected chi connectivity index (χ3v) is 4.51. The second-order valence-corrected chi connectivity index (χ2v) is 7.42. The van der Waals surface area contributed by atoms with Crippen molar-refractivity contribution >= 4 is 53.1 Å². The molecule has 0 amide bonds. The molecule has 0 saturated carbocycles. The summed E-state index contributed by atoms with van der Waals surface area (Å²) in [6.45, 7) is 5.80. The molecule has 0 aliphatic heterocycles. The molecule has 1 unspecified atom stereocenters. The lowest BCUT2D eigenvalue weighted by Gasteiger charge is -2.20. The van der Waals surface area contributed by atoms with Crippen molar-refractivity contribution in [2.24, 2.45) is 12.0 Å². The van der Waals surface area contributed by atoms with Crippen LogP contribution in [0.3, 0.4) is 0 Å². The summed E-state index contributed by atoms with van der Waals surface area (Å²) < 4.78 is 7.32. The average molecular weight is 556 g/mol. The van der Waals surface area contributed by atoms with Crippen LogP contribution < -0.4 is 15.4 Å². The van der Waals surface area contributed by atoms with E-state index in [-0.39, 0.29) is 30.5 Å². The van der Waals surface area contributed by atoms with Gasteiger partial charge in [0, 0.05) is 36.9 Å². The molecule has 2 aromatic rings. The molecule has 2 rings (SSSR count). The number of aliphatic hydroxyl groups is 1. The van der Waals surface area contributed by atoms with E-state index in [9.17, 15) is 5.11 Å². The van der Waals surface area contributed by atoms with Crippen molar-refractivity contribution in [2.45, 2.75) is 25.9 Å². The minimum atomic E-state index is -1.09. The lowest BCUT2D eigenvalue weighted by Crippen LogP contribution is -2.39. The van der Waals surface area contributed by atoms with E-state index in [1.807, 2.05) is 14.0 Å². The Hall–Kier alpha value is -1.23. The Morgan fingerprint density at radius 1 is 1.34 bits per heavy atom. The van der Waals surface area contributed by atoms with Gasteiger partial charge in [-0.3, -0.25) is 4.68 Å². The zero-order valence-corrected chi connectivity index (χ0v) is 20.6. The Balaban J connectivity index is 0.00000420. The number of hydrogen-bond donors (Lipinski definition) is 3. The normalized spacial score (nSPS) is 13.4. The Labute approximate surface area is 198 Å². The predicted octanol–water partition coefficient (Wildman–Crippen LogP) is 3.58. The maximum absolute atomic E-state index is 10.6. The quantitative estimate of drug-likeness (QED) is 0.191. The summed E-state index contributed by atoms with van der Waals surface area (Å²) in [5.41, 5.74) is -0.367. The molecule has 29 heavy (non-hydrogen) atoms. The minimum absolute atomic E-state index is 0. The van der Waals surface area contributed by atoms with Crippen molar-refractivity contribution in [3.63, 3.8) is 0 Å². The van der Waals surface area contributed by atoms with E-state index in [1.54, 1.807) is 42.2 Å². The first kappa shape index (κ1) is 25.8.